The molecule has 1 aliphatic carbocycles. The molecule has 1 saturated carbocycles. The number of hydrogen-bond acceptors (Lipinski definition) is 5. The fourth-order valence-electron chi connectivity index (χ4n) is 4.94. The number of benzene rings is 2. The highest BCUT2D eigenvalue weighted by Crippen LogP contribution is 2.34. The SMILES string of the molecule is CC1CCC(C(=O)N(c2nn(-c3ccc(-c4nc5ccccc5o4)c(Cl)c3)cc2C(=O)O)C(C)C)CC1. The number of anilines is 1. The van der Waals surface area contributed by atoms with Crippen molar-refractivity contribution in [2.75, 3.05) is 4.90 Å². The second-order valence-electron chi connectivity index (χ2n) is 10.0. The lowest BCUT2D eigenvalue weighted by Crippen LogP contribution is -2.43. The summed E-state index contributed by atoms with van der Waals surface area (Å²) in [5.74, 6) is -0.206. The number of para-hydroxylation sites is 2. The van der Waals surface area contributed by atoms with E-state index < -0.39 is 5.97 Å². The van der Waals surface area contributed by atoms with Gasteiger partial charge in [-0.15, -0.1) is 5.10 Å². The summed E-state index contributed by atoms with van der Waals surface area (Å²) in [4.78, 5) is 31.8. The van der Waals surface area contributed by atoms with E-state index in [2.05, 4.69) is 17.0 Å². The molecule has 1 N–H and O–H groups in total. The number of carboxylic acids is 1. The lowest BCUT2D eigenvalue weighted by atomic mass is 9.82. The van der Waals surface area contributed by atoms with Crippen molar-refractivity contribution in [3.05, 3.63) is 59.2 Å². The average molecular weight is 521 g/mol. The molecule has 4 aromatic rings. The zero-order valence-corrected chi connectivity index (χ0v) is 21.8. The van der Waals surface area contributed by atoms with Crippen LogP contribution in [0.15, 0.2) is 53.1 Å². The van der Waals surface area contributed by atoms with Crippen molar-refractivity contribution >= 4 is 40.4 Å². The van der Waals surface area contributed by atoms with Crippen LogP contribution in [0.25, 0.3) is 28.2 Å². The number of fused-ring (bicyclic) bond motifs is 1. The molecule has 1 aliphatic rings. The Balaban J connectivity index is 1.49. The Kier molecular flexibility index (Phi) is 6.77. The maximum absolute atomic E-state index is 13.5. The van der Waals surface area contributed by atoms with Gasteiger partial charge in [0, 0.05) is 18.2 Å². The van der Waals surface area contributed by atoms with Gasteiger partial charge in [-0.3, -0.25) is 9.69 Å². The molecule has 2 aromatic carbocycles. The number of hydrogen-bond donors (Lipinski definition) is 1. The van der Waals surface area contributed by atoms with Crippen molar-refractivity contribution in [2.24, 2.45) is 11.8 Å². The van der Waals surface area contributed by atoms with Gasteiger partial charge in [0.25, 0.3) is 0 Å². The molecule has 0 saturated heterocycles. The van der Waals surface area contributed by atoms with Crippen molar-refractivity contribution < 1.29 is 19.1 Å². The monoisotopic (exact) mass is 520 g/mol. The van der Waals surface area contributed by atoms with Crippen molar-refractivity contribution in [1.82, 2.24) is 14.8 Å². The Morgan fingerprint density at radius 3 is 2.51 bits per heavy atom. The van der Waals surface area contributed by atoms with Crippen LogP contribution < -0.4 is 4.90 Å². The van der Waals surface area contributed by atoms with E-state index in [1.54, 1.807) is 18.2 Å². The molecule has 0 aliphatic heterocycles. The molecule has 9 heteroatoms. The van der Waals surface area contributed by atoms with Crippen LogP contribution in [0.4, 0.5) is 5.82 Å². The van der Waals surface area contributed by atoms with Crippen molar-refractivity contribution in [3.63, 3.8) is 0 Å². The molecule has 0 atom stereocenters. The lowest BCUT2D eigenvalue weighted by molar-refractivity contribution is -0.124. The predicted octanol–water partition coefficient (Wildman–Crippen LogP) is 6.60. The fraction of sp³-hybridized carbons (Fsp3) is 0.357. The first-order valence-corrected chi connectivity index (χ1v) is 12.9. The number of carboxylic acid groups (broad SMARTS) is 1. The number of aromatic nitrogens is 3. The number of rotatable bonds is 6. The molecule has 2 heterocycles. The first kappa shape index (κ1) is 25.0. The molecule has 1 amide bonds. The summed E-state index contributed by atoms with van der Waals surface area (Å²) in [6.07, 6.45) is 5.02. The van der Waals surface area contributed by atoms with E-state index in [1.165, 1.54) is 15.8 Å². The van der Waals surface area contributed by atoms with Gasteiger partial charge in [-0.05, 0) is 75.8 Å². The fourth-order valence-corrected chi connectivity index (χ4v) is 5.20. The van der Waals surface area contributed by atoms with E-state index >= 15 is 0 Å². The Labute approximate surface area is 219 Å². The maximum Gasteiger partial charge on any atom is 0.341 e. The summed E-state index contributed by atoms with van der Waals surface area (Å²) < 4.78 is 7.29. The highest BCUT2D eigenvalue weighted by Gasteiger charge is 2.34. The molecule has 5 rings (SSSR count). The number of carbonyl (C=O) groups excluding carboxylic acids is 1. The van der Waals surface area contributed by atoms with Crippen LogP contribution in [-0.4, -0.2) is 37.8 Å². The van der Waals surface area contributed by atoms with Crippen molar-refractivity contribution in [2.45, 2.75) is 52.5 Å². The maximum atomic E-state index is 13.5. The zero-order valence-electron chi connectivity index (χ0n) is 21.0. The second-order valence-corrected chi connectivity index (χ2v) is 10.4. The number of carbonyl (C=O) groups is 2. The summed E-state index contributed by atoms with van der Waals surface area (Å²) in [6, 6.07) is 12.4. The third kappa shape index (κ3) is 4.85. The third-order valence-corrected chi connectivity index (χ3v) is 7.33. The molecule has 0 radical (unpaired) electrons. The molecule has 192 valence electrons. The predicted molar refractivity (Wildman–Crippen MR) is 142 cm³/mol. The molecule has 2 aromatic heterocycles. The summed E-state index contributed by atoms with van der Waals surface area (Å²) in [6.45, 7) is 5.95. The van der Waals surface area contributed by atoms with Gasteiger partial charge in [0.1, 0.15) is 11.1 Å². The first-order chi connectivity index (χ1) is 17.7. The lowest BCUT2D eigenvalue weighted by Gasteiger charge is -2.32. The van der Waals surface area contributed by atoms with E-state index in [9.17, 15) is 14.7 Å². The Bertz CT molecular complexity index is 1430. The van der Waals surface area contributed by atoms with Gasteiger partial charge in [-0.1, -0.05) is 30.7 Å². The average Bonchev–Trinajstić information content (AvgIpc) is 3.49. The first-order valence-electron chi connectivity index (χ1n) is 12.5. The van der Waals surface area contributed by atoms with Crippen LogP contribution in [0.3, 0.4) is 0 Å². The standard InChI is InChI=1S/C28H29ClN4O4/c1-16(2)33(27(34)18-10-8-17(3)9-11-18)25-21(28(35)36)15-32(31-25)19-12-13-20(22(29)14-19)26-30-23-6-4-5-7-24(23)37-26/h4-7,12-18H,8-11H2,1-3H3,(H,35,36). The van der Waals surface area contributed by atoms with E-state index in [0.29, 0.717) is 33.7 Å². The normalized spacial score (nSPS) is 17.9. The van der Waals surface area contributed by atoms with Gasteiger partial charge in [-0.2, -0.15) is 0 Å². The minimum absolute atomic E-state index is 0.0367. The summed E-state index contributed by atoms with van der Waals surface area (Å²) >= 11 is 6.61. The van der Waals surface area contributed by atoms with Crippen molar-refractivity contribution in [1.29, 1.82) is 0 Å². The molecule has 1 fully saturated rings. The summed E-state index contributed by atoms with van der Waals surface area (Å²) in [5, 5.41) is 14.9. The number of nitrogens with zero attached hydrogens (tertiary/aromatic N) is 4. The van der Waals surface area contributed by atoms with Crippen LogP contribution in [0.1, 0.15) is 56.8 Å². The molecule has 0 spiro atoms. The quantitative estimate of drug-likeness (QED) is 0.307. The molecular formula is C28H29ClN4O4. The smallest absolute Gasteiger partial charge is 0.341 e. The minimum Gasteiger partial charge on any atom is -0.477 e. The van der Waals surface area contributed by atoms with Crippen LogP contribution in [0.5, 0.6) is 0 Å². The minimum atomic E-state index is -1.15. The summed E-state index contributed by atoms with van der Waals surface area (Å²) in [7, 11) is 0. The van der Waals surface area contributed by atoms with Gasteiger partial charge in [0.15, 0.2) is 11.4 Å². The number of halogens is 1. The van der Waals surface area contributed by atoms with E-state index in [0.717, 1.165) is 31.2 Å². The zero-order chi connectivity index (χ0) is 26.3. The molecule has 37 heavy (non-hydrogen) atoms. The highest BCUT2D eigenvalue weighted by atomic mass is 35.5. The van der Waals surface area contributed by atoms with Crippen LogP contribution in [0.2, 0.25) is 5.02 Å². The molecule has 0 unspecified atom stereocenters. The van der Waals surface area contributed by atoms with Crippen LogP contribution in [0, 0.1) is 11.8 Å². The topological polar surface area (TPSA) is 101 Å². The van der Waals surface area contributed by atoms with Gasteiger partial charge in [0.05, 0.1) is 16.3 Å². The number of oxazole rings is 1. The van der Waals surface area contributed by atoms with Gasteiger partial charge in [-0.25, -0.2) is 14.5 Å². The Morgan fingerprint density at radius 2 is 1.86 bits per heavy atom. The third-order valence-electron chi connectivity index (χ3n) is 7.01. The Hall–Kier alpha value is -3.65. The van der Waals surface area contributed by atoms with E-state index in [4.69, 9.17) is 16.0 Å². The van der Waals surface area contributed by atoms with Crippen LogP contribution in [-0.2, 0) is 4.79 Å². The van der Waals surface area contributed by atoms with E-state index in [1.807, 2.05) is 38.1 Å². The number of aromatic carboxylic acids is 1. The second kappa shape index (κ2) is 10.0. The van der Waals surface area contributed by atoms with Gasteiger partial charge in [0.2, 0.25) is 11.8 Å². The van der Waals surface area contributed by atoms with Crippen molar-refractivity contribution in [3.8, 4) is 17.1 Å². The highest BCUT2D eigenvalue weighted by molar-refractivity contribution is 6.33. The molecule has 0 bridgehead atoms. The molecule has 8 nitrogen and oxygen atoms in total. The van der Waals surface area contributed by atoms with Gasteiger partial charge < -0.3 is 9.52 Å². The summed E-state index contributed by atoms with van der Waals surface area (Å²) in [5.41, 5.74) is 2.52. The number of amides is 1. The van der Waals surface area contributed by atoms with E-state index in [-0.39, 0.29) is 29.2 Å². The Morgan fingerprint density at radius 1 is 1.14 bits per heavy atom. The largest absolute Gasteiger partial charge is 0.477 e. The van der Waals surface area contributed by atoms with Gasteiger partial charge >= 0.3 is 5.97 Å². The van der Waals surface area contributed by atoms with Crippen LogP contribution >= 0.6 is 11.6 Å². The molecular weight excluding hydrogens is 492 g/mol.